The maximum absolute atomic E-state index is 12.6. The first kappa shape index (κ1) is 15.9. The summed E-state index contributed by atoms with van der Waals surface area (Å²) in [6, 6.07) is 13.0. The van der Waals surface area contributed by atoms with Crippen LogP contribution >= 0.6 is 11.6 Å². The number of pyridine rings is 1. The van der Waals surface area contributed by atoms with Gasteiger partial charge in [0.15, 0.2) is 0 Å². The van der Waals surface area contributed by atoms with Crippen LogP contribution in [0.4, 0.5) is 5.69 Å². The number of fused-ring (bicyclic) bond motifs is 1. The van der Waals surface area contributed by atoms with Crippen LogP contribution in [0, 0.1) is 0 Å². The van der Waals surface area contributed by atoms with E-state index >= 15 is 0 Å². The summed E-state index contributed by atoms with van der Waals surface area (Å²) in [5.74, 6) is -1.50. The summed E-state index contributed by atoms with van der Waals surface area (Å²) >= 11 is 6.02. The quantitative estimate of drug-likeness (QED) is 0.788. The van der Waals surface area contributed by atoms with Crippen molar-refractivity contribution in [2.45, 2.75) is 0 Å². The highest BCUT2D eigenvalue weighted by Crippen LogP contribution is 2.26. The Morgan fingerprint density at radius 1 is 1.12 bits per heavy atom. The topological polar surface area (TPSA) is 83.4 Å². The predicted molar refractivity (Wildman–Crippen MR) is 89.6 cm³/mol. The van der Waals surface area contributed by atoms with Crippen LogP contribution in [-0.4, -0.2) is 17.7 Å². The maximum atomic E-state index is 12.6. The third kappa shape index (κ3) is 2.57. The van der Waals surface area contributed by atoms with E-state index in [4.69, 9.17) is 16.4 Å². The summed E-state index contributed by atoms with van der Waals surface area (Å²) in [7, 11) is 1.19. The highest BCUT2D eigenvalue weighted by Gasteiger charge is 2.18. The molecule has 3 rings (SSSR count). The van der Waals surface area contributed by atoms with Crippen molar-refractivity contribution >= 4 is 34.0 Å². The van der Waals surface area contributed by atoms with Crippen LogP contribution in [0.2, 0.25) is 5.02 Å². The number of nitrogens with one attached hydrogen (secondary N) is 1. The fraction of sp³-hybridized carbons (Fsp3) is 0.0588. The van der Waals surface area contributed by atoms with Crippen LogP contribution in [0.15, 0.2) is 53.3 Å². The lowest BCUT2D eigenvalue weighted by Crippen LogP contribution is -2.31. The summed E-state index contributed by atoms with van der Waals surface area (Å²) in [5.41, 5.74) is -0.442. The van der Waals surface area contributed by atoms with E-state index < -0.39 is 17.3 Å². The lowest BCUT2D eigenvalue weighted by molar-refractivity contribution is -0.288. The molecule has 0 saturated heterocycles. The predicted octanol–water partition coefficient (Wildman–Crippen LogP) is 2.04. The molecule has 0 saturated carbocycles. The molecule has 0 bridgehead atoms. The number of benzene rings is 2. The Labute approximate surface area is 141 Å². The fourth-order valence-corrected chi connectivity index (χ4v) is 2.62. The van der Waals surface area contributed by atoms with E-state index in [1.54, 1.807) is 42.5 Å². The van der Waals surface area contributed by atoms with Crippen LogP contribution in [0.3, 0.4) is 0 Å². The standard InChI is InChI=1S/C17H13ClN2O4/c1-24-20-16(22)11-7-3-2-6-10(11)14(17(20)23)15(21)19-13-9-5-4-8-12(13)18/h2-9,23H,1H3,(H,19,21)/p-1. The normalized spacial score (nSPS) is 10.6. The minimum Gasteiger partial charge on any atom is -0.857 e. The van der Waals surface area contributed by atoms with Gasteiger partial charge in [-0.05, 0) is 18.2 Å². The summed E-state index contributed by atoms with van der Waals surface area (Å²) in [6.45, 7) is 0. The number of hydrogen-bond acceptors (Lipinski definition) is 4. The SMILES string of the molecule is COn1c([O-])c(C(=O)Nc2ccccc2Cl)c2ccccc2c1=O. The smallest absolute Gasteiger partial charge is 0.290 e. The van der Waals surface area contributed by atoms with Crippen molar-refractivity contribution in [3.63, 3.8) is 0 Å². The van der Waals surface area contributed by atoms with E-state index in [-0.39, 0.29) is 16.3 Å². The minimum absolute atomic E-state index is 0.188. The van der Waals surface area contributed by atoms with E-state index in [1.165, 1.54) is 13.2 Å². The van der Waals surface area contributed by atoms with Gasteiger partial charge in [-0.25, -0.2) is 0 Å². The van der Waals surface area contributed by atoms with Gasteiger partial charge < -0.3 is 15.3 Å². The van der Waals surface area contributed by atoms with Gasteiger partial charge in [0.1, 0.15) is 7.11 Å². The molecule has 0 fully saturated rings. The summed E-state index contributed by atoms with van der Waals surface area (Å²) < 4.78 is 0.559. The van der Waals surface area contributed by atoms with Crippen LogP contribution in [0.25, 0.3) is 10.8 Å². The third-order valence-corrected chi connectivity index (χ3v) is 3.87. The van der Waals surface area contributed by atoms with Gasteiger partial charge in [0.25, 0.3) is 11.5 Å². The van der Waals surface area contributed by atoms with Crippen molar-refractivity contribution in [3.8, 4) is 5.88 Å². The van der Waals surface area contributed by atoms with Crippen molar-refractivity contribution in [2.75, 3.05) is 12.4 Å². The molecule has 0 aliphatic carbocycles. The number of nitrogens with zero attached hydrogens (tertiary/aromatic N) is 1. The average molecular weight is 344 g/mol. The van der Waals surface area contributed by atoms with Gasteiger partial charge in [0, 0.05) is 11.3 Å². The number of halogens is 1. The first-order valence-electron chi connectivity index (χ1n) is 6.99. The number of hydrogen-bond donors (Lipinski definition) is 1. The average Bonchev–Trinajstić information content (AvgIpc) is 2.57. The maximum Gasteiger partial charge on any atom is 0.290 e. The molecule has 0 unspecified atom stereocenters. The Balaban J connectivity index is 2.20. The second-order valence-corrected chi connectivity index (χ2v) is 5.35. The van der Waals surface area contributed by atoms with E-state index in [1.807, 2.05) is 0 Å². The molecular weight excluding hydrogens is 332 g/mol. The first-order valence-corrected chi connectivity index (χ1v) is 7.37. The Morgan fingerprint density at radius 2 is 1.75 bits per heavy atom. The molecule has 1 aromatic heterocycles. The highest BCUT2D eigenvalue weighted by atomic mass is 35.5. The molecule has 1 heterocycles. The van der Waals surface area contributed by atoms with E-state index in [2.05, 4.69) is 5.32 Å². The molecule has 0 spiro atoms. The Kier molecular flexibility index (Phi) is 4.14. The zero-order chi connectivity index (χ0) is 17.3. The Bertz CT molecular complexity index is 998. The van der Waals surface area contributed by atoms with Crippen molar-refractivity contribution in [2.24, 2.45) is 0 Å². The molecule has 24 heavy (non-hydrogen) atoms. The first-order chi connectivity index (χ1) is 11.5. The van der Waals surface area contributed by atoms with Gasteiger partial charge in [-0.1, -0.05) is 41.9 Å². The molecule has 122 valence electrons. The molecule has 0 aliphatic heterocycles. The van der Waals surface area contributed by atoms with Crippen LogP contribution in [-0.2, 0) is 0 Å². The van der Waals surface area contributed by atoms with Crippen molar-refractivity contribution in [1.82, 2.24) is 4.73 Å². The van der Waals surface area contributed by atoms with Crippen molar-refractivity contribution in [3.05, 3.63) is 69.5 Å². The summed E-state index contributed by atoms with van der Waals surface area (Å²) in [5, 5.41) is 15.9. The molecule has 3 aromatic rings. The van der Waals surface area contributed by atoms with Gasteiger partial charge >= 0.3 is 0 Å². The molecule has 0 aliphatic rings. The van der Waals surface area contributed by atoms with Crippen LogP contribution in [0.5, 0.6) is 5.88 Å². The van der Waals surface area contributed by atoms with Crippen molar-refractivity contribution < 1.29 is 14.7 Å². The lowest BCUT2D eigenvalue weighted by Gasteiger charge is -2.21. The molecule has 7 heteroatoms. The molecular formula is C17H12ClN2O4-. The largest absolute Gasteiger partial charge is 0.857 e. The van der Waals surface area contributed by atoms with Gasteiger partial charge in [-0.3, -0.25) is 9.59 Å². The third-order valence-electron chi connectivity index (χ3n) is 3.54. The fourth-order valence-electron chi connectivity index (χ4n) is 2.44. The molecule has 1 N–H and O–H groups in total. The zero-order valence-corrected chi connectivity index (χ0v) is 13.3. The number of amides is 1. The number of carbonyl (C=O) groups excluding carboxylic acids is 1. The van der Waals surface area contributed by atoms with E-state index in [0.29, 0.717) is 15.4 Å². The van der Waals surface area contributed by atoms with Crippen molar-refractivity contribution in [1.29, 1.82) is 0 Å². The monoisotopic (exact) mass is 343 g/mol. The second-order valence-electron chi connectivity index (χ2n) is 4.94. The van der Waals surface area contributed by atoms with Crippen LogP contribution in [0.1, 0.15) is 10.4 Å². The molecule has 1 amide bonds. The Hall–Kier alpha value is -2.99. The lowest BCUT2D eigenvalue weighted by atomic mass is 10.1. The van der Waals surface area contributed by atoms with Gasteiger partial charge in [-0.15, -0.1) is 0 Å². The molecule has 6 nitrogen and oxygen atoms in total. The van der Waals surface area contributed by atoms with Crippen LogP contribution < -0.4 is 20.8 Å². The molecule has 2 aromatic carbocycles. The highest BCUT2D eigenvalue weighted by molar-refractivity contribution is 6.34. The number of rotatable bonds is 3. The number of anilines is 1. The number of aromatic nitrogens is 1. The van der Waals surface area contributed by atoms with E-state index in [9.17, 15) is 14.7 Å². The second kappa shape index (κ2) is 6.25. The minimum atomic E-state index is -0.828. The number of carbonyl (C=O) groups is 1. The van der Waals surface area contributed by atoms with Gasteiger partial charge in [0.2, 0.25) is 0 Å². The summed E-state index contributed by atoms with van der Waals surface area (Å²) in [4.78, 5) is 29.7. The van der Waals surface area contributed by atoms with Gasteiger partial charge in [0.05, 0.1) is 21.7 Å². The molecule has 0 radical (unpaired) electrons. The van der Waals surface area contributed by atoms with Gasteiger partial charge in [-0.2, -0.15) is 4.73 Å². The molecule has 0 atom stereocenters. The zero-order valence-electron chi connectivity index (χ0n) is 12.6. The Morgan fingerprint density at radius 3 is 2.42 bits per heavy atom. The van der Waals surface area contributed by atoms with E-state index in [0.717, 1.165) is 0 Å². The number of para-hydroxylation sites is 1. The summed E-state index contributed by atoms with van der Waals surface area (Å²) in [6.07, 6.45) is 0.